The number of nitrogens with zero attached hydrogens (tertiary/aromatic N) is 4. The van der Waals surface area contributed by atoms with E-state index in [1.807, 2.05) is 5.43 Å². The van der Waals surface area contributed by atoms with E-state index in [1.54, 1.807) is 0 Å². The first-order chi connectivity index (χ1) is 18.5. The predicted octanol–water partition coefficient (Wildman–Crippen LogP) is 4.38. The van der Waals surface area contributed by atoms with Gasteiger partial charge < -0.3 is 18.9 Å². The molecule has 0 atom stereocenters. The van der Waals surface area contributed by atoms with Crippen molar-refractivity contribution in [1.82, 2.24) is 15.4 Å². The molecule has 0 saturated heterocycles. The van der Waals surface area contributed by atoms with Crippen molar-refractivity contribution in [1.29, 1.82) is 0 Å². The van der Waals surface area contributed by atoms with Crippen LogP contribution in [0.3, 0.4) is 0 Å². The highest BCUT2D eigenvalue weighted by molar-refractivity contribution is 6.47. The Labute approximate surface area is 230 Å². The minimum Gasteiger partial charge on any atom is -0.446 e. The van der Waals surface area contributed by atoms with E-state index < -0.39 is 65.3 Å². The summed E-state index contributed by atoms with van der Waals surface area (Å²) in [7, 11) is 0. The normalized spacial score (nSPS) is 11.2. The third-order valence-corrected chi connectivity index (χ3v) is 4.07. The Morgan fingerprint density at radius 2 is 1.12 bits per heavy atom. The van der Waals surface area contributed by atoms with Crippen LogP contribution in [0.1, 0.15) is 65.7 Å². The second-order valence-corrected chi connectivity index (χ2v) is 9.06. The number of imide groups is 1. The maximum atomic E-state index is 13.6. The number of non-ortho nitro benzene ring substituents is 1. The maximum Gasteiger partial charge on any atom is 0.439 e. The van der Waals surface area contributed by atoms with E-state index in [2.05, 4.69) is 5.10 Å². The molecule has 16 heteroatoms. The van der Waals surface area contributed by atoms with Gasteiger partial charge in [-0.3, -0.25) is 14.9 Å². The molecule has 0 aliphatic carbocycles. The van der Waals surface area contributed by atoms with Gasteiger partial charge in [-0.05, 0) is 67.5 Å². The number of benzene rings is 1. The van der Waals surface area contributed by atoms with E-state index in [1.165, 1.54) is 55.4 Å². The van der Waals surface area contributed by atoms with Gasteiger partial charge in [-0.25, -0.2) is 24.6 Å². The predicted molar refractivity (Wildman–Crippen MR) is 138 cm³/mol. The Hall–Kier alpha value is -4.76. The fourth-order valence-corrected chi connectivity index (χ4v) is 2.65. The second kappa shape index (κ2) is 15.0. The van der Waals surface area contributed by atoms with E-state index in [-0.39, 0.29) is 21.3 Å². The van der Waals surface area contributed by atoms with Gasteiger partial charge in [0, 0.05) is 17.7 Å². The molecule has 1 N–H and O–H groups in total. The summed E-state index contributed by atoms with van der Waals surface area (Å²) < 4.78 is 20.3. The molecular formula is C24H33N5O11. The van der Waals surface area contributed by atoms with Gasteiger partial charge >= 0.3 is 24.4 Å². The zero-order chi connectivity index (χ0) is 30.7. The number of nitro benzene ring substituents is 1. The second-order valence-electron chi connectivity index (χ2n) is 9.06. The Balaban J connectivity index is 3.88. The summed E-state index contributed by atoms with van der Waals surface area (Å²) >= 11 is 0. The van der Waals surface area contributed by atoms with Crippen LogP contribution in [0, 0.1) is 10.1 Å². The van der Waals surface area contributed by atoms with Crippen molar-refractivity contribution in [3.05, 3.63) is 39.9 Å². The number of carbonyl (C=O) groups excluding carboxylic acids is 5. The summed E-state index contributed by atoms with van der Waals surface area (Å²) in [5.41, 5.74) is 1.28. The number of nitrogens with one attached hydrogen (secondary N) is 1. The van der Waals surface area contributed by atoms with Gasteiger partial charge in [0.2, 0.25) is 11.6 Å². The lowest BCUT2D eigenvalue weighted by molar-refractivity contribution is -0.384. The van der Waals surface area contributed by atoms with Crippen LogP contribution in [0.5, 0.6) is 0 Å². The first-order valence-electron chi connectivity index (χ1n) is 12.1. The highest BCUT2D eigenvalue weighted by atomic mass is 16.6. The van der Waals surface area contributed by atoms with E-state index in [4.69, 9.17) is 18.9 Å². The monoisotopic (exact) mass is 567 g/mol. The smallest absolute Gasteiger partial charge is 0.439 e. The maximum absolute atomic E-state index is 13.6. The first-order valence-corrected chi connectivity index (χ1v) is 12.1. The number of hydrogen-bond acceptors (Lipinski definition) is 12. The molecule has 0 unspecified atom stereocenters. The minimum absolute atomic E-state index is 0.0439. The highest BCUT2D eigenvalue weighted by Gasteiger charge is 2.43. The molecule has 40 heavy (non-hydrogen) atoms. The molecule has 0 aromatic heterocycles. The number of hydrazone groups is 1. The van der Waals surface area contributed by atoms with Gasteiger partial charge in [0.1, 0.15) is 0 Å². The lowest BCUT2D eigenvalue weighted by atomic mass is 10.1. The number of nitro groups is 1. The molecule has 0 spiro atoms. The Kier molecular flexibility index (Phi) is 12.5. The number of hydrazine groups is 1. The van der Waals surface area contributed by atoms with Crippen LogP contribution in [0.15, 0.2) is 29.4 Å². The lowest BCUT2D eigenvalue weighted by Crippen LogP contribution is -2.59. The van der Waals surface area contributed by atoms with Gasteiger partial charge in [-0.15, -0.1) is 15.1 Å². The van der Waals surface area contributed by atoms with Crippen LogP contribution in [-0.4, -0.2) is 75.3 Å². The summed E-state index contributed by atoms with van der Waals surface area (Å²) in [5, 5.41) is 14.9. The molecule has 0 aliphatic heterocycles. The average Bonchev–Trinajstić information content (AvgIpc) is 2.81. The molecule has 1 rings (SSSR count). The Morgan fingerprint density at radius 1 is 0.725 bits per heavy atom. The average molecular weight is 568 g/mol. The number of amidine groups is 1. The van der Waals surface area contributed by atoms with Crippen molar-refractivity contribution >= 4 is 41.7 Å². The quantitative estimate of drug-likeness (QED) is 0.117. The third-order valence-electron chi connectivity index (χ3n) is 4.07. The molecule has 16 nitrogen and oxygen atoms in total. The summed E-state index contributed by atoms with van der Waals surface area (Å²) in [6.07, 6.45) is -8.53. The van der Waals surface area contributed by atoms with E-state index >= 15 is 0 Å². The van der Waals surface area contributed by atoms with E-state index in [9.17, 15) is 34.1 Å². The van der Waals surface area contributed by atoms with Crippen molar-refractivity contribution < 1.29 is 47.8 Å². The molecule has 0 bridgehead atoms. The molecule has 1 aromatic carbocycles. The fourth-order valence-electron chi connectivity index (χ4n) is 2.65. The largest absolute Gasteiger partial charge is 0.446 e. The summed E-state index contributed by atoms with van der Waals surface area (Å²) in [5.74, 6) is -2.21. The highest BCUT2D eigenvalue weighted by Crippen LogP contribution is 2.18. The molecule has 4 amide bonds. The number of ketones is 1. The molecule has 0 saturated carbocycles. The van der Waals surface area contributed by atoms with Crippen LogP contribution in [-0.2, 0) is 18.9 Å². The van der Waals surface area contributed by atoms with Crippen molar-refractivity contribution in [2.24, 2.45) is 5.10 Å². The number of hydrogen-bond donors (Lipinski definition) is 1. The van der Waals surface area contributed by atoms with Gasteiger partial charge in [0.05, 0.1) is 29.3 Å². The molecule has 0 fully saturated rings. The number of Topliss-reactive ketones (excluding diaryl/α,β-unsaturated/α-hetero) is 1. The van der Waals surface area contributed by atoms with Crippen molar-refractivity contribution in [3.63, 3.8) is 0 Å². The van der Waals surface area contributed by atoms with Crippen LogP contribution >= 0.6 is 0 Å². The van der Waals surface area contributed by atoms with E-state index in [0.717, 1.165) is 24.3 Å². The lowest BCUT2D eigenvalue weighted by Gasteiger charge is -2.32. The van der Waals surface area contributed by atoms with Crippen LogP contribution < -0.4 is 5.43 Å². The topological polar surface area (TPSA) is 196 Å². The zero-order valence-electron chi connectivity index (χ0n) is 23.4. The van der Waals surface area contributed by atoms with Crippen molar-refractivity contribution in [3.8, 4) is 0 Å². The van der Waals surface area contributed by atoms with Gasteiger partial charge in [-0.2, -0.15) is 0 Å². The SMILES string of the molecule is CC(C)OC(=O)N/N=C(\C(=O)c1ccc([N+](=O)[O-])cc1)N(C(=O)OC(C)C)N(C(=O)OC(C)C)C(=O)OC(C)C. The van der Waals surface area contributed by atoms with Crippen LogP contribution in [0.2, 0.25) is 0 Å². The summed E-state index contributed by atoms with van der Waals surface area (Å²) in [6, 6.07) is 4.08. The minimum atomic E-state index is -1.45. The summed E-state index contributed by atoms with van der Waals surface area (Å²) in [6.45, 7) is 11.8. The number of rotatable bonds is 8. The van der Waals surface area contributed by atoms with Crippen molar-refractivity contribution in [2.75, 3.05) is 0 Å². The van der Waals surface area contributed by atoms with Crippen LogP contribution in [0.4, 0.5) is 24.9 Å². The molecule has 1 aromatic rings. The van der Waals surface area contributed by atoms with Gasteiger partial charge in [0.15, 0.2) is 0 Å². The fraction of sp³-hybridized carbons (Fsp3) is 0.500. The zero-order valence-corrected chi connectivity index (χ0v) is 23.4. The number of amides is 4. The number of ether oxygens (including phenoxy) is 4. The van der Waals surface area contributed by atoms with Crippen LogP contribution in [0.25, 0.3) is 0 Å². The summed E-state index contributed by atoms with van der Waals surface area (Å²) in [4.78, 5) is 75.6. The molecule has 220 valence electrons. The van der Waals surface area contributed by atoms with Crippen molar-refractivity contribution in [2.45, 2.75) is 79.8 Å². The van der Waals surface area contributed by atoms with E-state index in [0.29, 0.717) is 0 Å². The standard InChI is InChI=1S/C24H33N5O11/c1-13(2)37-21(31)26-25-20(19(30)17-9-11-18(12-10-17)29(35)36)27(22(32)38-14(3)4)28(23(33)39-15(5)6)24(34)40-16(7)8/h9-16H,1-8H3,(H,26,31)/b25-20+. The molecular weight excluding hydrogens is 534 g/mol. The van der Waals surface area contributed by atoms with Gasteiger partial charge in [0.25, 0.3) is 5.69 Å². The Bertz CT molecular complexity index is 1110. The molecule has 0 radical (unpaired) electrons. The third kappa shape index (κ3) is 10.2. The molecule has 0 aliphatic rings. The van der Waals surface area contributed by atoms with Gasteiger partial charge in [-0.1, -0.05) is 0 Å². The Morgan fingerprint density at radius 3 is 1.50 bits per heavy atom. The molecule has 0 heterocycles. The number of carbonyl (C=O) groups is 5. The first kappa shape index (κ1) is 33.3.